The molecule has 1 aliphatic rings. The molecule has 3 rings (SSSR count). The second-order valence-corrected chi connectivity index (χ2v) is 5.10. The molecule has 0 amide bonds. The molecule has 20 heavy (non-hydrogen) atoms. The van der Waals surface area contributed by atoms with Crippen LogP contribution in [0.25, 0.3) is 0 Å². The molecular formula is C15H19N3O2. The van der Waals surface area contributed by atoms with Gasteiger partial charge in [0, 0.05) is 24.3 Å². The zero-order chi connectivity index (χ0) is 13.9. The molecule has 1 aromatic carbocycles. The topological polar surface area (TPSA) is 48.3 Å². The third kappa shape index (κ3) is 2.57. The van der Waals surface area contributed by atoms with Crippen molar-refractivity contribution in [3.8, 4) is 11.5 Å². The smallest absolute Gasteiger partial charge is 0.166 e. The number of para-hydroxylation sites is 1. The number of hydrogen-bond acceptors (Lipinski definition) is 4. The van der Waals surface area contributed by atoms with Crippen LogP contribution in [0.15, 0.2) is 30.6 Å². The van der Waals surface area contributed by atoms with Gasteiger partial charge in [-0.15, -0.1) is 0 Å². The van der Waals surface area contributed by atoms with Crippen LogP contribution in [0.2, 0.25) is 0 Å². The molecule has 0 aliphatic carbocycles. The summed E-state index contributed by atoms with van der Waals surface area (Å²) in [6.07, 6.45) is 3.85. The molecule has 0 radical (unpaired) electrons. The van der Waals surface area contributed by atoms with Crippen molar-refractivity contribution < 1.29 is 9.47 Å². The predicted octanol–water partition coefficient (Wildman–Crippen LogP) is 2.85. The summed E-state index contributed by atoms with van der Waals surface area (Å²) < 4.78 is 13.2. The summed E-state index contributed by atoms with van der Waals surface area (Å²) in [5.74, 6) is 1.68. The molecule has 1 aliphatic heterocycles. The minimum atomic E-state index is 0.367. The molecule has 0 atom stereocenters. The average Bonchev–Trinajstić information content (AvgIpc) is 2.94. The van der Waals surface area contributed by atoms with Gasteiger partial charge < -0.3 is 14.8 Å². The monoisotopic (exact) mass is 273 g/mol. The van der Waals surface area contributed by atoms with E-state index < -0.39 is 0 Å². The van der Waals surface area contributed by atoms with E-state index in [0.717, 1.165) is 22.7 Å². The summed E-state index contributed by atoms with van der Waals surface area (Å²) in [4.78, 5) is 0. The van der Waals surface area contributed by atoms with Crippen molar-refractivity contribution >= 4 is 5.69 Å². The van der Waals surface area contributed by atoms with Crippen molar-refractivity contribution in [1.82, 2.24) is 9.78 Å². The molecule has 106 valence electrons. The van der Waals surface area contributed by atoms with E-state index in [1.165, 1.54) is 0 Å². The standard InChI is InChI=1S/C15H19N3O2/c1-11(2)18-10-13(9-17-18)16-8-12-4-3-5-14-15(12)20-7-6-19-14/h3-5,9-11,16H,6-8H2,1-2H3. The molecule has 2 aromatic rings. The van der Waals surface area contributed by atoms with Gasteiger partial charge in [-0.1, -0.05) is 12.1 Å². The minimum Gasteiger partial charge on any atom is -0.486 e. The molecule has 1 N–H and O–H groups in total. The number of fused-ring (bicyclic) bond motifs is 1. The molecule has 0 fully saturated rings. The maximum atomic E-state index is 5.70. The maximum absolute atomic E-state index is 5.70. The van der Waals surface area contributed by atoms with E-state index in [-0.39, 0.29) is 0 Å². The third-order valence-electron chi connectivity index (χ3n) is 3.26. The summed E-state index contributed by atoms with van der Waals surface area (Å²) in [7, 11) is 0. The van der Waals surface area contributed by atoms with Crippen molar-refractivity contribution in [1.29, 1.82) is 0 Å². The van der Waals surface area contributed by atoms with Crippen LogP contribution in [0.3, 0.4) is 0 Å². The molecule has 5 nitrogen and oxygen atoms in total. The van der Waals surface area contributed by atoms with Gasteiger partial charge in [-0.25, -0.2) is 0 Å². The van der Waals surface area contributed by atoms with Gasteiger partial charge in [-0.2, -0.15) is 5.10 Å². The Bertz CT molecular complexity index is 593. The van der Waals surface area contributed by atoms with Crippen molar-refractivity contribution in [2.45, 2.75) is 26.4 Å². The fourth-order valence-electron chi connectivity index (χ4n) is 2.18. The summed E-state index contributed by atoms with van der Waals surface area (Å²) in [6, 6.07) is 6.34. The first-order valence-corrected chi connectivity index (χ1v) is 6.89. The van der Waals surface area contributed by atoms with E-state index in [2.05, 4.69) is 24.3 Å². The minimum absolute atomic E-state index is 0.367. The Morgan fingerprint density at radius 2 is 2.15 bits per heavy atom. The number of hydrogen-bond donors (Lipinski definition) is 1. The maximum Gasteiger partial charge on any atom is 0.166 e. The summed E-state index contributed by atoms with van der Waals surface area (Å²) in [5, 5.41) is 7.68. The Kier molecular flexibility index (Phi) is 3.50. The van der Waals surface area contributed by atoms with Gasteiger partial charge in [-0.3, -0.25) is 4.68 Å². The lowest BCUT2D eigenvalue weighted by Gasteiger charge is -2.21. The van der Waals surface area contributed by atoms with Crippen LogP contribution in [0.5, 0.6) is 11.5 Å². The first kappa shape index (κ1) is 12.8. The van der Waals surface area contributed by atoms with Gasteiger partial charge in [0.15, 0.2) is 11.5 Å². The Balaban J connectivity index is 1.71. The highest BCUT2D eigenvalue weighted by atomic mass is 16.6. The van der Waals surface area contributed by atoms with Crippen LogP contribution >= 0.6 is 0 Å². The van der Waals surface area contributed by atoms with E-state index in [4.69, 9.17) is 9.47 Å². The lowest BCUT2D eigenvalue weighted by atomic mass is 10.1. The number of benzene rings is 1. The van der Waals surface area contributed by atoms with Gasteiger partial charge in [0.05, 0.1) is 11.9 Å². The number of rotatable bonds is 4. The predicted molar refractivity (Wildman–Crippen MR) is 77.4 cm³/mol. The number of nitrogens with one attached hydrogen (secondary N) is 1. The fourth-order valence-corrected chi connectivity index (χ4v) is 2.18. The van der Waals surface area contributed by atoms with E-state index in [1.54, 1.807) is 0 Å². The molecule has 0 spiro atoms. The van der Waals surface area contributed by atoms with Crippen LogP contribution in [0, 0.1) is 0 Å². The Labute approximate surface area is 118 Å². The van der Waals surface area contributed by atoms with Crippen molar-refractivity contribution in [2.24, 2.45) is 0 Å². The third-order valence-corrected chi connectivity index (χ3v) is 3.26. The van der Waals surface area contributed by atoms with E-state index in [9.17, 15) is 0 Å². The first-order chi connectivity index (χ1) is 9.74. The van der Waals surface area contributed by atoms with Crippen LogP contribution in [-0.2, 0) is 6.54 Å². The molecular weight excluding hydrogens is 254 g/mol. The second-order valence-electron chi connectivity index (χ2n) is 5.10. The SMILES string of the molecule is CC(C)n1cc(NCc2cccc3c2OCCO3)cn1. The molecule has 1 aromatic heterocycles. The molecule has 0 bridgehead atoms. The highest BCUT2D eigenvalue weighted by Gasteiger charge is 2.15. The van der Waals surface area contributed by atoms with Crippen LogP contribution in [-0.4, -0.2) is 23.0 Å². The van der Waals surface area contributed by atoms with Gasteiger partial charge in [0.25, 0.3) is 0 Å². The molecule has 0 unspecified atom stereocenters. The van der Waals surface area contributed by atoms with Crippen molar-refractivity contribution in [2.75, 3.05) is 18.5 Å². The average molecular weight is 273 g/mol. The lowest BCUT2D eigenvalue weighted by molar-refractivity contribution is 0.170. The van der Waals surface area contributed by atoms with Gasteiger partial charge >= 0.3 is 0 Å². The fraction of sp³-hybridized carbons (Fsp3) is 0.400. The Morgan fingerprint density at radius 1 is 1.30 bits per heavy atom. The van der Waals surface area contributed by atoms with Crippen LogP contribution < -0.4 is 14.8 Å². The Hall–Kier alpha value is -2.17. The zero-order valence-corrected chi connectivity index (χ0v) is 11.8. The number of ether oxygens (including phenoxy) is 2. The van der Waals surface area contributed by atoms with Gasteiger partial charge in [0.1, 0.15) is 13.2 Å². The van der Waals surface area contributed by atoms with Gasteiger partial charge in [0.2, 0.25) is 0 Å². The summed E-state index contributed by atoms with van der Waals surface area (Å²) in [5.41, 5.74) is 2.10. The summed E-state index contributed by atoms with van der Waals surface area (Å²) in [6.45, 7) is 6.13. The largest absolute Gasteiger partial charge is 0.486 e. The molecule has 2 heterocycles. The van der Waals surface area contributed by atoms with E-state index in [1.807, 2.05) is 35.3 Å². The highest BCUT2D eigenvalue weighted by Crippen LogP contribution is 2.33. The van der Waals surface area contributed by atoms with Crippen molar-refractivity contribution in [3.63, 3.8) is 0 Å². The molecule has 5 heteroatoms. The van der Waals surface area contributed by atoms with Crippen LogP contribution in [0.4, 0.5) is 5.69 Å². The number of anilines is 1. The Morgan fingerprint density at radius 3 is 2.95 bits per heavy atom. The normalized spacial score (nSPS) is 13.6. The molecule has 0 saturated carbocycles. The first-order valence-electron chi connectivity index (χ1n) is 6.89. The lowest BCUT2D eigenvalue weighted by Crippen LogP contribution is -2.17. The summed E-state index contributed by atoms with van der Waals surface area (Å²) >= 11 is 0. The van der Waals surface area contributed by atoms with Gasteiger partial charge in [-0.05, 0) is 19.9 Å². The highest BCUT2D eigenvalue weighted by molar-refractivity contribution is 5.49. The number of nitrogens with zero attached hydrogens (tertiary/aromatic N) is 2. The van der Waals surface area contributed by atoms with E-state index in [0.29, 0.717) is 25.8 Å². The second kappa shape index (κ2) is 5.45. The van der Waals surface area contributed by atoms with Crippen molar-refractivity contribution in [3.05, 3.63) is 36.2 Å². The molecule has 0 saturated heterocycles. The quantitative estimate of drug-likeness (QED) is 0.930. The number of aromatic nitrogens is 2. The zero-order valence-electron chi connectivity index (χ0n) is 11.8. The van der Waals surface area contributed by atoms with Crippen LogP contribution in [0.1, 0.15) is 25.5 Å². The van der Waals surface area contributed by atoms with E-state index >= 15 is 0 Å².